The number of hydrogen-bond acceptors (Lipinski definition) is 10. The molecule has 15 nitrogen and oxygen atoms in total. The molecule has 17 heteroatoms. The zero-order valence-electron chi connectivity index (χ0n) is 27.4. The molecule has 5 heterocycles. The van der Waals surface area contributed by atoms with Crippen LogP contribution in [0.2, 0.25) is 0 Å². The van der Waals surface area contributed by atoms with Crippen LogP contribution in [0.1, 0.15) is 36.9 Å². The number of ether oxygens (including phenoxy) is 3. The number of rotatable bonds is 19. The highest BCUT2D eigenvalue weighted by Crippen LogP contribution is 2.33. The molecule has 4 amide bonds. The van der Waals surface area contributed by atoms with Gasteiger partial charge < -0.3 is 40.5 Å². The Balaban J connectivity index is 0.785. The first-order valence-corrected chi connectivity index (χ1v) is 18.1. The SMILES string of the molecule is CN1C(=O)C(Cc2c[nH]c3c(OCCOCCOCCn4cc(CNC(=O)CCCC[C@H]5SC[C@@H]6NC(=O)N[C@@H]65)nn4)cccc23)NC1=S. The topological polar surface area (TPSA) is 177 Å². The molecular weight excluding hydrogens is 671 g/mol. The minimum Gasteiger partial charge on any atom is -0.489 e. The molecule has 1 aromatic carbocycles. The molecule has 0 saturated carbocycles. The summed E-state index contributed by atoms with van der Waals surface area (Å²) in [6.07, 6.45) is 7.46. The molecule has 3 saturated heterocycles. The number of aromatic nitrogens is 4. The van der Waals surface area contributed by atoms with E-state index in [9.17, 15) is 14.4 Å². The van der Waals surface area contributed by atoms with Gasteiger partial charge in [0.1, 0.15) is 24.1 Å². The number of carbonyl (C=O) groups is 3. The molecule has 3 aliphatic heterocycles. The van der Waals surface area contributed by atoms with Gasteiger partial charge in [0.25, 0.3) is 5.91 Å². The van der Waals surface area contributed by atoms with Gasteiger partial charge in [-0.2, -0.15) is 11.8 Å². The summed E-state index contributed by atoms with van der Waals surface area (Å²) in [5.41, 5.74) is 2.59. The molecule has 4 atom stereocenters. The molecule has 2 aromatic heterocycles. The third-order valence-electron chi connectivity index (χ3n) is 8.87. The third kappa shape index (κ3) is 9.00. The van der Waals surface area contributed by atoms with Crippen molar-refractivity contribution < 1.29 is 28.6 Å². The maximum atomic E-state index is 12.4. The van der Waals surface area contributed by atoms with E-state index < -0.39 is 0 Å². The molecule has 49 heavy (non-hydrogen) atoms. The summed E-state index contributed by atoms with van der Waals surface area (Å²) < 4.78 is 19.0. The maximum Gasteiger partial charge on any atom is 0.315 e. The number of nitrogens with zero attached hydrogens (tertiary/aromatic N) is 4. The van der Waals surface area contributed by atoms with Crippen LogP contribution >= 0.6 is 24.0 Å². The average Bonchev–Trinajstić information content (AvgIpc) is 3.92. The molecule has 3 aromatic rings. The summed E-state index contributed by atoms with van der Waals surface area (Å²) in [4.78, 5) is 41.0. The minimum atomic E-state index is -0.371. The van der Waals surface area contributed by atoms with Gasteiger partial charge in [-0.25, -0.2) is 9.48 Å². The van der Waals surface area contributed by atoms with E-state index in [1.165, 1.54) is 4.90 Å². The molecule has 5 N–H and O–H groups in total. The number of urea groups is 1. The Morgan fingerprint density at radius 2 is 1.94 bits per heavy atom. The van der Waals surface area contributed by atoms with Crippen LogP contribution in [0.4, 0.5) is 4.79 Å². The number of hydrogen-bond donors (Lipinski definition) is 5. The van der Waals surface area contributed by atoms with Gasteiger partial charge in [0.2, 0.25) is 5.91 Å². The fourth-order valence-corrected chi connectivity index (χ4v) is 8.02. The van der Waals surface area contributed by atoms with E-state index in [4.69, 9.17) is 26.4 Å². The molecule has 264 valence electrons. The van der Waals surface area contributed by atoms with E-state index in [0.717, 1.165) is 47.2 Å². The number of thioether (sulfide) groups is 1. The van der Waals surface area contributed by atoms with Crippen molar-refractivity contribution in [1.29, 1.82) is 0 Å². The van der Waals surface area contributed by atoms with Crippen LogP contribution in [-0.2, 0) is 38.6 Å². The van der Waals surface area contributed by atoms with Crippen LogP contribution in [0.15, 0.2) is 30.6 Å². The van der Waals surface area contributed by atoms with E-state index >= 15 is 0 Å². The number of nitrogens with one attached hydrogen (secondary N) is 5. The monoisotopic (exact) mass is 713 g/mol. The van der Waals surface area contributed by atoms with E-state index in [1.54, 1.807) is 11.7 Å². The van der Waals surface area contributed by atoms with Crippen molar-refractivity contribution in [3.63, 3.8) is 0 Å². The van der Waals surface area contributed by atoms with Gasteiger partial charge in [-0.3, -0.25) is 14.5 Å². The maximum absolute atomic E-state index is 12.4. The molecule has 0 radical (unpaired) electrons. The predicted octanol–water partition coefficient (Wildman–Crippen LogP) is 1.47. The standard InChI is InChI=1S/C32H43N9O6S2/c1-40-30(43)23(36-32(40)48)15-20-16-34-28-22(20)5-4-6-25(28)47-14-13-46-12-11-45-10-9-41-18-21(38-39-41)17-33-27(42)8-3-2-7-26-29-24(19-49-26)35-31(44)37-29/h4-6,16,18,23-24,26,29,34H,2-3,7-15,17,19H2,1H3,(H,33,42)(H,36,48)(H2,35,37,44)/t23?,24-,26+,29-/m0/s1. The summed E-state index contributed by atoms with van der Waals surface area (Å²) in [5, 5.41) is 22.1. The van der Waals surface area contributed by atoms with Crippen molar-refractivity contribution in [1.82, 2.24) is 46.1 Å². The second-order valence-electron chi connectivity index (χ2n) is 12.3. The second kappa shape index (κ2) is 16.7. The normalized spacial score (nSPS) is 21.6. The molecule has 6 rings (SSSR count). The Morgan fingerprint density at radius 3 is 2.78 bits per heavy atom. The van der Waals surface area contributed by atoms with Crippen LogP contribution in [0.3, 0.4) is 0 Å². The summed E-state index contributed by atoms with van der Waals surface area (Å²) in [6, 6.07) is 5.84. The van der Waals surface area contributed by atoms with Gasteiger partial charge in [0.05, 0.1) is 63.3 Å². The Kier molecular flexibility index (Phi) is 11.9. The lowest BCUT2D eigenvalue weighted by Gasteiger charge is -2.16. The predicted molar refractivity (Wildman–Crippen MR) is 187 cm³/mol. The number of thiocarbonyl (C=S) groups is 1. The van der Waals surface area contributed by atoms with Crippen LogP contribution in [0.5, 0.6) is 5.75 Å². The number of likely N-dealkylation sites (N-methyl/N-ethyl adjacent to an activating group) is 1. The Labute approximate surface area is 293 Å². The van der Waals surface area contributed by atoms with Crippen molar-refractivity contribution >= 4 is 57.8 Å². The van der Waals surface area contributed by atoms with Gasteiger partial charge in [0.15, 0.2) is 5.11 Å². The van der Waals surface area contributed by atoms with Crippen LogP contribution in [0.25, 0.3) is 10.9 Å². The molecule has 0 spiro atoms. The number of benzene rings is 1. The second-order valence-corrected chi connectivity index (χ2v) is 13.9. The first-order chi connectivity index (χ1) is 23.9. The largest absolute Gasteiger partial charge is 0.489 e. The van der Waals surface area contributed by atoms with E-state index in [2.05, 4.69) is 36.6 Å². The van der Waals surface area contributed by atoms with Crippen molar-refractivity contribution in [3.05, 3.63) is 41.9 Å². The number of aromatic amines is 1. The lowest BCUT2D eigenvalue weighted by molar-refractivity contribution is -0.126. The van der Waals surface area contributed by atoms with Crippen molar-refractivity contribution in [2.24, 2.45) is 0 Å². The molecule has 1 unspecified atom stereocenters. The van der Waals surface area contributed by atoms with Crippen LogP contribution < -0.4 is 26.0 Å². The van der Waals surface area contributed by atoms with Gasteiger partial charge in [-0.05, 0) is 36.7 Å². The number of carbonyl (C=O) groups excluding carboxylic acids is 3. The van der Waals surface area contributed by atoms with Gasteiger partial charge >= 0.3 is 6.03 Å². The molecule has 0 bridgehead atoms. The van der Waals surface area contributed by atoms with Gasteiger partial charge in [-0.1, -0.05) is 23.8 Å². The summed E-state index contributed by atoms with van der Waals surface area (Å²) in [7, 11) is 1.68. The lowest BCUT2D eigenvalue weighted by Crippen LogP contribution is -2.36. The fraction of sp³-hybridized carbons (Fsp3) is 0.562. The summed E-state index contributed by atoms with van der Waals surface area (Å²) in [6.45, 7) is 2.99. The smallest absolute Gasteiger partial charge is 0.315 e. The first kappa shape index (κ1) is 34.9. The Morgan fingerprint density at radius 1 is 1.10 bits per heavy atom. The number of fused-ring (bicyclic) bond motifs is 2. The van der Waals surface area contributed by atoms with E-state index in [1.807, 2.05) is 42.4 Å². The number of H-pyrrole nitrogens is 1. The van der Waals surface area contributed by atoms with Gasteiger partial charge in [-0.15, -0.1) is 5.10 Å². The molecule has 0 aliphatic carbocycles. The van der Waals surface area contributed by atoms with Gasteiger partial charge in [0, 0.05) is 42.5 Å². The molecule has 3 aliphatic rings. The van der Waals surface area contributed by atoms with Crippen molar-refractivity contribution in [3.8, 4) is 5.75 Å². The third-order valence-corrected chi connectivity index (χ3v) is 10.8. The highest BCUT2D eigenvalue weighted by molar-refractivity contribution is 8.00. The van der Waals surface area contributed by atoms with E-state index in [-0.39, 0.29) is 36.0 Å². The number of amides is 4. The fourth-order valence-electron chi connectivity index (χ4n) is 6.24. The lowest BCUT2D eigenvalue weighted by atomic mass is 10.0. The highest BCUT2D eigenvalue weighted by Gasteiger charge is 2.42. The van der Waals surface area contributed by atoms with Crippen molar-refractivity contribution in [2.75, 3.05) is 45.8 Å². The quantitative estimate of drug-likeness (QED) is 0.0691. The summed E-state index contributed by atoms with van der Waals surface area (Å²) in [5.74, 6) is 1.63. The molecule has 3 fully saturated rings. The molecular formula is C32H43N9O6S2. The Hall–Kier alpha value is -3.93. The zero-order valence-corrected chi connectivity index (χ0v) is 29.1. The highest BCUT2D eigenvalue weighted by atomic mass is 32.2. The average molecular weight is 714 g/mol. The number of para-hydroxylation sites is 1. The zero-order chi connectivity index (χ0) is 34.2. The van der Waals surface area contributed by atoms with Crippen LogP contribution in [-0.4, -0.2) is 117 Å². The number of unbranched alkanes of at least 4 members (excludes halogenated alkanes) is 1. The van der Waals surface area contributed by atoms with Crippen LogP contribution in [0, 0.1) is 0 Å². The Bertz CT molecular complexity index is 1630. The van der Waals surface area contributed by atoms with Crippen molar-refractivity contribution in [2.45, 2.75) is 68.6 Å². The first-order valence-electron chi connectivity index (χ1n) is 16.7. The minimum absolute atomic E-state index is 0.00289. The summed E-state index contributed by atoms with van der Waals surface area (Å²) >= 11 is 7.09. The van der Waals surface area contributed by atoms with E-state index in [0.29, 0.717) is 75.0 Å².